The number of esters is 1. The molecule has 0 bridgehead atoms. The number of halogens is 2. The Morgan fingerprint density at radius 1 is 1.31 bits per heavy atom. The van der Waals surface area contributed by atoms with Gasteiger partial charge in [-0.25, -0.2) is 0 Å². The zero-order valence-corrected chi connectivity index (χ0v) is 17.5. The van der Waals surface area contributed by atoms with E-state index >= 15 is 0 Å². The minimum atomic E-state index is -0.0428. The quantitative estimate of drug-likeness (QED) is 0.142. The number of carbonyl (C=O) groups is 1. The molecule has 0 aromatic carbocycles. The van der Waals surface area contributed by atoms with Gasteiger partial charge in [0.1, 0.15) is 0 Å². The molecular formula is C11H21BrIKO2. The van der Waals surface area contributed by atoms with Crippen LogP contribution in [-0.4, -0.2) is 17.4 Å². The van der Waals surface area contributed by atoms with Crippen molar-refractivity contribution in [1.82, 2.24) is 0 Å². The van der Waals surface area contributed by atoms with Crippen molar-refractivity contribution in [2.75, 3.05) is 6.61 Å². The minimum Gasteiger partial charge on any atom is -1.00 e. The first-order valence-electron chi connectivity index (χ1n) is 5.46. The van der Waals surface area contributed by atoms with E-state index in [1.807, 2.05) is 0 Å². The standard InChI is InChI=1S/C11H21BrO2.HI.K/c1-3-4-8-11(13)14-9-6-5-7-10(2)12;;/h10H,3-9H2,1-2H3;1H;/q;;+1/p-1. The van der Waals surface area contributed by atoms with Crippen LogP contribution in [0.3, 0.4) is 0 Å². The number of alkyl halides is 1. The van der Waals surface area contributed by atoms with Crippen molar-refractivity contribution in [2.45, 2.75) is 57.2 Å². The van der Waals surface area contributed by atoms with E-state index in [1.54, 1.807) is 0 Å². The van der Waals surface area contributed by atoms with E-state index in [1.165, 1.54) is 0 Å². The van der Waals surface area contributed by atoms with Gasteiger partial charge in [0.2, 0.25) is 0 Å². The molecule has 0 rings (SSSR count). The van der Waals surface area contributed by atoms with Crippen molar-refractivity contribution in [3.8, 4) is 0 Å². The Morgan fingerprint density at radius 3 is 2.44 bits per heavy atom. The number of hydrogen-bond acceptors (Lipinski definition) is 2. The van der Waals surface area contributed by atoms with Crippen LogP contribution in [0.4, 0.5) is 0 Å². The molecule has 0 N–H and O–H groups in total. The summed E-state index contributed by atoms with van der Waals surface area (Å²) in [5.41, 5.74) is 0. The van der Waals surface area contributed by atoms with Crippen molar-refractivity contribution in [2.24, 2.45) is 0 Å². The average molecular weight is 431 g/mol. The first kappa shape index (κ1) is 23.4. The first-order chi connectivity index (χ1) is 6.66. The summed E-state index contributed by atoms with van der Waals surface area (Å²) in [6, 6.07) is 0. The van der Waals surface area contributed by atoms with Gasteiger partial charge in [-0.2, -0.15) is 0 Å². The molecule has 2 nitrogen and oxygen atoms in total. The van der Waals surface area contributed by atoms with E-state index in [0.717, 1.165) is 32.1 Å². The molecule has 0 aromatic rings. The average Bonchev–Trinajstić information content (AvgIpc) is 2.13. The molecule has 0 radical (unpaired) electrons. The SMILES string of the molecule is CCCCC(=O)OCCCCC(C)Br.[I-].[K+]. The Bertz CT molecular complexity index is 157. The van der Waals surface area contributed by atoms with Crippen molar-refractivity contribution in [3.63, 3.8) is 0 Å². The topological polar surface area (TPSA) is 26.3 Å². The summed E-state index contributed by atoms with van der Waals surface area (Å²) in [5, 5.41) is 0. The molecule has 0 heterocycles. The second-order valence-electron chi connectivity index (χ2n) is 3.60. The van der Waals surface area contributed by atoms with Gasteiger partial charge in [-0.15, -0.1) is 0 Å². The van der Waals surface area contributed by atoms with Gasteiger partial charge in [-0.05, 0) is 25.7 Å². The summed E-state index contributed by atoms with van der Waals surface area (Å²) in [5.74, 6) is -0.0428. The molecule has 0 amide bonds. The van der Waals surface area contributed by atoms with Crippen molar-refractivity contribution in [3.05, 3.63) is 0 Å². The number of unbranched alkanes of at least 4 members (excludes halogenated alkanes) is 2. The third kappa shape index (κ3) is 18.7. The zero-order valence-electron chi connectivity index (χ0n) is 10.6. The minimum absolute atomic E-state index is 0. The smallest absolute Gasteiger partial charge is 1.00 e. The molecule has 5 heteroatoms. The van der Waals surface area contributed by atoms with Crippen LogP contribution in [0.15, 0.2) is 0 Å². The van der Waals surface area contributed by atoms with E-state index in [-0.39, 0.29) is 81.3 Å². The number of hydrogen-bond donors (Lipinski definition) is 0. The van der Waals surface area contributed by atoms with Gasteiger partial charge in [0, 0.05) is 11.2 Å². The van der Waals surface area contributed by atoms with Gasteiger partial charge in [0.25, 0.3) is 0 Å². The molecule has 0 aliphatic carbocycles. The summed E-state index contributed by atoms with van der Waals surface area (Å²) in [4.78, 5) is 11.6. The number of ether oxygens (including phenoxy) is 1. The molecule has 0 fully saturated rings. The van der Waals surface area contributed by atoms with Crippen molar-refractivity contribution < 1.29 is 84.9 Å². The van der Waals surface area contributed by atoms with Crippen molar-refractivity contribution in [1.29, 1.82) is 0 Å². The molecule has 0 aromatic heterocycles. The molecule has 0 spiro atoms. The van der Waals surface area contributed by atoms with Crippen molar-refractivity contribution >= 4 is 21.9 Å². The largest absolute Gasteiger partial charge is 1.00 e. The molecule has 16 heavy (non-hydrogen) atoms. The molecule has 0 saturated carbocycles. The fourth-order valence-corrected chi connectivity index (χ4v) is 1.43. The predicted molar refractivity (Wildman–Crippen MR) is 62.7 cm³/mol. The fraction of sp³-hybridized carbons (Fsp3) is 0.909. The Balaban J connectivity index is -0.000000845. The number of rotatable bonds is 8. The van der Waals surface area contributed by atoms with E-state index in [2.05, 4.69) is 29.8 Å². The summed E-state index contributed by atoms with van der Waals surface area (Å²) in [7, 11) is 0. The summed E-state index contributed by atoms with van der Waals surface area (Å²) >= 11 is 3.48. The van der Waals surface area contributed by atoms with Crippen LogP contribution in [-0.2, 0) is 9.53 Å². The van der Waals surface area contributed by atoms with Gasteiger partial charge in [-0.3, -0.25) is 4.79 Å². The molecule has 92 valence electrons. The van der Waals surface area contributed by atoms with Crippen LogP contribution in [0.2, 0.25) is 0 Å². The summed E-state index contributed by atoms with van der Waals surface area (Å²) in [6.07, 6.45) is 5.81. The fourth-order valence-electron chi connectivity index (χ4n) is 1.11. The second kappa shape index (κ2) is 17.3. The van der Waals surface area contributed by atoms with Gasteiger partial charge < -0.3 is 28.7 Å². The van der Waals surface area contributed by atoms with Crippen LogP contribution < -0.4 is 75.4 Å². The van der Waals surface area contributed by atoms with Crippen LogP contribution in [0.5, 0.6) is 0 Å². The van der Waals surface area contributed by atoms with Crippen LogP contribution in [0, 0.1) is 0 Å². The molecule has 0 aliphatic rings. The molecular weight excluding hydrogens is 410 g/mol. The van der Waals surface area contributed by atoms with E-state index in [9.17, 15) is 4.79 Å². The molecule has 0 saturated heterocycles. The van der Waals surface area contributed by atoms with Gasteiger partial charge in [-0.1, -0.05) is 36.2 Å². The third-order valence-corrected chi connectivity index (χ3v) is 2.45. The Labute approximate surface area is 168 Å². The normalized spacial score (nSPS) is 10.9. The van der Waals surface area contributed by atoms with Gasteiger partial charge in [0.15, 0.2) is 0 Å². The monoisotopic (exact) mass is 430 g/mol. The van der Waals surface area contributed by atoms with Gasteiger partial charge >= 0.3 is 57.4 Å². The maximum Gasteiger partial charge on any atom is 1.00 e. The summed E-state index contributed by atoms with van der Waals surface area (Å²) < 4.78 is 5.07. The van der Waals surface area contributed by atoms with Crippen LogP contribution in [0.25, 0.3) is 0 Å². The van der Waals surface area contributed by atoms with E-state index < -0.39 is 0 Å². The van der Waals surface area contributed by atoms with E-state index in [4.69, 9.17) is 4.74 Å². The Kier molecular flexibility index (Phi) is 25.3. The first-order valence-corrected chi connectivity index (χ1v) is 6.38. The molecule has 1 unspecified atom stereocenters. The predicted octanol–water partition coefficient (Wildman–Crippen LogP) is -2.32. The Morgan fingerprint density at radius 2 is 1.94 bits per heavy atom. The van der Waals surface area contributed by atoms with E-state index in [0.29, 0.717) is 17.9 Å². The Hall–Kier alpha value is 2.32. The maximum absolute atomic E-state index is 11.1. The third-order valence-electron chi connectivity index (χ3n) is 1.99. The van der Waals surface area contributed by atoms with Crippen LogP contribution >= 0.6 is 15.9 Å². The zero-order chi connectivity index (χ0) is 10.8. The molecule has 1 atom stereocenters. The summed E-state index contributed by atoms with van der Waals surface area (Å²) in [6.45, 7) is 4.79. The maximum atomic E-state index is 11.1. The number of carbonyl (C=O) groups excluding carboxylic acids is 1. The molecule has 0 aliphatic heterocycles. The second-order valence-corrected chi connectivity index (χ2v) is 5.16. The van der Waals surface area contributed by atoms with Crippen LogP contribution in [0.1, 0.15) is 52.4 Å². The van der Waals surface area contributed by atoms with Gasteiger partial charge in [0.05, 0.1) is 6.61 Å².